The monoisotopic (exact) mass is 313 g/mol. The molecule has 1 unspecified atom stereocenters. The maximum atomic E-state index is 6.15. The van der Waals surface area contributed by atoms with Crippen molar-refractivity contribution >= 4 is 27.5 Å². The molecule has 0 N–H and O–H groups in total. The van der Waals surface area contributed by atoms with Gasteiger partial charge in [0.2, 0.25) is 0 Å². The first-order valence-corrected chi connectivity index (χ1v) is 6.74. The van der Waals surface area contributed by atoms with E-state index in [2.05, 4.69) is 33.2 Å². The zero-order valence-electron chi connectivity index (χ0n) is 9.69. The minimum atomic E-state index is 0.236. The van der Waals surface area contributed by atoms with Crippen LogP contribution in [0.25, 0.3) is 5.69 Å². The van der Waals surface area contributed by atoms with Gasteiger partial charge in [0.05, 0.1) is 27.4 Å². The Morgan fingerprint density at radius 1 is 1.47 bits per heavy atom. The van der Waals surface area contributed by atoms with Crippen LogP contribution in [0.3, 0.4) is 0 Å². The fourth-order valence-corrected chi connectivity index (χ4v) is 1.96. The van der Waals surface area contributed by atoms with Gasteiger partial charge in [-0.25, -0.2) is 4.68 Å². The van der Waals surface area contributed by atoms with Crippen molar-refractivity contribution in [3.05, 3.63) is 40.7 Å². The lowest BCUT2D eigenvalue weighted by atomic mass is 10.2. The molecular weight excluding hydrogens is 302 g/mol. The molecule has 90 valence electrons. The summed E-state index contributed by atoms with van der Waals surface area (Å²) in [6.45, 7) is 4.12. The molecule has 3 nitrogen and oxygen atoms in total. The third-order valence-electron chi connectivity index (χ3n) is 2.54. The van der Waals surface area contributed by atoms with Gasteiger partial charge in [-0.2, -0.15) is 0 Å². The summed E-state index contributed by atoms with van der Waals surface area (Å²) in [6.07, 6.45) is 2.88. The molecule has 0 fully saturated rings. The normalized spacial score (nSPS) is 12.7. The second-order valence-corrected chi connectivity index (χ2v) is 5.43. The Bertz CT molecular complexity index is 524. The van der Waals surface area contributed by atoms with Gasteiger partial charge in [-0.1, -0.05) is 45.7 Å². The molecule has 17 heavy (non-hydrogen) atoms. The van der Waals surface area contributed by atoms with Crippen molar-refractivity contribution in [2.75, 3.05) is 0 Å². The molecule has 0 saturated carbocycles. The molecule has 0 spiro atoms. The fourth-order valence-electron chi connectivity index (χ4n) is 1.55. The average Bonchev–Trinajstić information content (AvgIpc) is 2.80. The Labute approximate surface area is 114 Å². The lowest BCUT2D eigenvalue weighted by molar-refractivity contribution is 0.790. The Morgan fingerprint density at radius 3 is 2.94 bits per heavy atom. The van der Waals surface area contributed by atoms with Crippen molar-refractivity contribution in [3.8, 4) is 5.69 Å². The van der Waals surface area contributed by atoms with Crippen LogP contribution in [-0.4, -0.2) is 15.0 Å². The molecule has 0 saturated heterocycles. The summed E-state index contributed by atoms with van der Waals surface area (Å²) in [5.74, 6) is 0. The number of alkyl halides is 1. The maximum Gasteiger partial charge on any atom is 0.0967 e. The van der Waals surface area contributed by atoms with E-state index in [1.54, 1.807) is 4.68 Å². The van der Waals surface area contributed by atoms with E-state index in [-0.39, 0.29) is 4.83 Å². The summed E-state index contributed by atoms with van der Waals surface area (Å²) in [5, 5.41) is 8.93. The lowest BCUT2D eigenvalue weighted by Gasteiger charge is -2.04. The van der Waals surface area contributed by atoms with Crippen molar-refractivity contribution in [1.82, 2.24) is 15.0 Å². The largest absolute Gasteiger partial charge is 0.219 e. The molecule has 0 aliphatic rings. The van der Waals surface area contributed by atoms with Gasteiger partial charge in [0.15, 0.2) is 0 Å². The topological polar surface area (TPSA) is 30.7 Å². The third-order valence-corrected chi connectivity index (χ3v) is 3.98. The molecule has 0 aliphatic heterocycles. The van der Waals surface area contributed by atoms with E-state index in [4.69, 9.17) is 11.6 Å². The number of nitrogens with zero attached hydrogens (tertiary/aromatic N) is 3. The summed E-state index contributed by atoms with van der Waals surface area (Å²) < 4.78 is 1.72. The molecule has 2 aromatic rings. The first-order chi connectivity index (χ1) is 8.11. The fraction of sp³-hybridized carbons (Fsp3) is 0.333. The van der Waals surface area contributed by atoms with Crippen LogP contribution in [0.4, 0.5) is 0 Å². The van der Waals surface area contributed by atoms with Crippen LogP contribution in [0.5, 0.6) is 0 Å². The number of aryl methyl sites for hydroxylation is 1. The van der Waals surface area contributed by atoms with Crippen LogP contribution in [0.15, 0.2) is 24.4 Å². The number of hydrogen-bond acceptors (Lipinski definition) is 2. The Balaban J connectivity index is 2.40. The first-order valence-electron chi connectivity index (χ1n) is 5.44. The molecule has 0 aliphatic carbocycles. The molecule has 2 rings (SSSR count). The van der Waals surface area contributed by atoms with Gasteiger partial charge in [0, 0.05) is 0 Å². The summed E-state index contributed by atoms with van der Waals surface area (Å²) in [7, 11) is 0. The Kier molecular flexibility index (Phi) is 3.84. The smallest absolute Gasteiger partial charge is 0.0967 e. The standard InChI is InChI=1S/C12H13BrClN3/c1-3-9(13)11-7-17(16-15-11)12-6-8(2)4-5-10(12)14/h4-7,9H,3H2,1-2H3. The molecule has 0 radical (unpaired) electrons. The second-order valence-electron chi connectivity index (χ2n) is 3.92. The van der Waals surface area contributed by atoms with E-state index < -0.39 is 0 Å². The van der Waals surface area contributed by atoms with Gasteiger partial charge in [0.25, 0.3) is 0 Å². The van der Waals surface area contributed by atoms with Crippen LogP contribution in [-0.2, 0) is 0 Å². The first kappa shape index (κ1) is 12.6. The van der Waals surface area contributed by atoms with Crippen LogP contribution in [0.1, 0.15) is 29.4 Å². The minimum Gasteiger partial charge on any atom is -0.219 e. The quantitative estimate of drug-likeness (QED) is 0.799. The summed E-state index contributed by atoms with van der Waals surface area (Å²) in [4.78, 5) is 0.236. The van der Waals surface area contributed by atoms with Gasteiger partial charge < -0.3 is 0 Å². The number of halogens is 2. The predicted molar refractivity (Wildman–Crippen MR) is 73.1 cm³/mol. The van der Waals surface area contributed by atoms with Gasteiger partial charge in [-0.3, -0.25) is 0 Å². The van der Waals surface area contributed by atoms with E-state index in [1.807, 2.05) is 31.3 Å². The SMILES string of the molecule is CCC(Br)c1cn(-c2cc(C)ccc2Cl)nn1. The van der Waals surface area contributed by atoms with Gasteiger partial charge in [0.1, 0.15) is 0 Å². The Morgan fingerprint density at radius 2 is 2.24 bits per heavy atom. The predicted octanol–water partition coefficient (Wildman–Crippen LogP) is 4.08. The van der Waals surface area contributed by atoms with Crippen molar-refractivity contribution < 1.29 is 0 Å². The van der Waals surface area contributed by atoms with E-state index in [0.717, 1.165) is 23.4 Å². The van der Waals surface area contributed by atoms with Crippen molar-refractivity contribution in [3.63, 3.8) is 0 Å². The number of rotatable bonds is 3. The molecule has 0 bridgehead atoms. The number of aromatic nitrogens is 3. The highest BCUT2D eigenvalue weighted by molar-refractivity contribution is 9.09. The third kappa shape index (κ3) is 2.69. The maximum absolute atomic E-state index is 6.15. The molecule has 5 heteroatoms. The minimum absolute atomic E-state index is 0.236. The summed E-state index contributed by atoms with van der Waals surface area (Å²) in [6, 6.07) is 5.85. The Hall–Kier alpha value is -0.870. The van der Waals surface area contributed by atoms with Crippen LogP contribution < -0.4 is 0 Å². The number of benzene rings is 1. The van der Waals surface area contributed by atoms with E-state index in [9.17, 15) is 0 Å². The van der Waals surface area contributed by atoms with Crippen molar-refractivity contribution in [1.29, 1.82) is 0 Å². The molecule has 1 heterocycles. The highest BCUT2D eigenvalue weighted by atomic mass is 79.9. The van der Waals surface area contributed by atoms with Crippen molar-refractivity contribution in [2.45, 2.75) is 25.1 Å². The number of hydrogen-bond donors (Lipinski definition) is 0. The van der Waals surface area contributed by atoms with E-state index in [1.165, 1.54) is 0 Å². The molecule has 1 atom stereocenters. The van der Waals surface area contributed by atoms with Crippen LogP contribution >= 0.6 is 27.5 Å². The molecular formula is C12H13BrClN3. The molecule has 0 amide bonds. The van der Waals surface area contributed by atoms with E-state index >= 15 is 0 Å². The zero-order valence-corrected chi connectivity index (χ0v) is 12.0. The highest BCUT2D eigenvalue weighted by Gasteiger charge is 2.11. The second kappa shape index (κ2) is 5.19. The van der Waals surface area contributed by atoms with E-state index in [0.29, 0.717) is 5.02 Å². The van der Waals surface area contributed by atoms with Crippen LogP contribution in [0, 0.1) is 6.92 Å². The molecule has 1 aromatic carbocycles. The van der Waals surface area contributed by atoms with Crippen molar-refractivity contribution in [2.24, 2.45) is 0 Å². The van der Waals surface area contributed by atoms with Gasteiger partial charge in [-0.05, 0) is 31.0 Å². The average molecular weight is 315 g/mol. The van der Waals surface area contributed by atoms with Gasteiger partial charge >= 0.3 is 0 Å². The summed E-state index contributed by atoms with van der Waals surface area (Å²) >= 11 is 9.71. The molecule has 1 aromatic heterocycles. The lowest BCUT2D eigenvalue weighted by Crippen LogP contribution is -1.96. The highest BCUT2D eigenvalue weighted by Crippen LogP contribution is 2.26. The zero-order chi connectivity index (χ0) is 12.4. The summed E-state index contributed by atoms with van der Waals surface area (Å²) in [5.41, 5.74) is 2.93. The van der Waals surface area contributed by atoms with Gasteiger partial charge in [-0.15, -0.1) is 5.10 Å². The van der Waals surface area contributed by atoms with Crippen LogP contribution in [0.2, 0.25) is 5.02 Å².